The van der Waals surface area contributed by atoms with Crippen molar-refractivity contribution < 1.29 is 5.11 Å². The zero-order valence-electron chi connectivity index (χ0n) is 14.9. The standard InChI is InChI=1S/C20H25ClN4O/c21-17-6-2-1-5-16(17)20(8-11-22-12-9-20)18-7-10-23-19(24-18)25-13-3-4-15(26)14-25/h1-2,5-7,10,15,22,26H,3-4,8-9,11-14H2. The van der Waals surface area contributed by atoms with Crippen molar-refractivity contribution in [1.29, 1.82) is 0 Å². The zero-order chi connectivity index (χ0) is 18.0. The molecule has 5 nitrogen and oxygen atoms in total. The zero-order valence-corrected chi connectivity index (χ0v) is 15.6. The second kappa shape index (κ2) is 7.51. The maximum Gasteiger partial charge on any atom is 0.225 e. The van der Waals surface area contributed by atoms with Crippen molar-refractivity contribution >= 4 is 17.5 Å². The van der Waals surface area contributed by atoms with Crippen molar-refractivity contribution in [3.8, 4) is 0 Å². The number of nitrogens with zero attached hydrogens (tertiary/aromatic N) is 3. The van der Waals surface area contributed by atoms with Crippen LogP contribution in [0.15, 0.2) is 36.5 Å². The SMILES string of the molecule is OC1CCCN(c2nccc(C3(c4ccccc4Cl)CCNCC3)n2)C1. The van der Waals surface area contributed by atoms with E-state index in [4.69, 9.17) is 16.6 Å². The summed E-state index contributed by atoms with van der Waals surface area (Å²) in [6, 6.07) is 10.1. The summed E-state index contributed by atoms with van der Waals surface area (Å²) in [5.41, 5.74) is 1.97. The van der Waals surface area contributed by atoms with Gasteiger partial charge in [0, 0.05) is 29.7 Å². The molecule has 138 valence electrons. The molecule has 3 heterocycles. The van der Waals surface area contributed by atoms with Crippen molar-refractivity contribution in [3.63, 3.8) is 0 Å². The Morgan fingerprint density at radius 2 is 2.00 bits per heavy atom. The molecule has 26 heavy (non-hydrogen) atoms. The van der Waals surface area contributed by atoms with Gasteiger partial charge in [0.25, 0.3) is 0 Å². The van der Waals surface area contributed by atoms with Crippen LogP contribution in [0.3, 0.4) is 0 Å². The van der Waals surface area contributed by atoms with Crippen molar-refractivity contribution in [2.75, 3.05) is 31.1 Å². The highest BCUT2D eigenvalue weighted by molar-refractivity contribution is 6.31. The number of anilines is 1. The number of nitrogens with one attached hydrogen (secondary N) is 1. The van der Waals surface area contributed by atoms with Gasteiger partial charge in [0.15, 0.2) is 0 Å². The molecule has 2 N–H and O–H groups in total. The summed E-state index contributed by atoms with van der Waals surface area (Å²) in [7, 11) is 0. The van der Waals surface area contributed by atoms with E-state index in [1.54, 1.807) is 0 Å². The molecule has 6 heteroatoms. The quantitative estimate of drug-likeness (QED) is 0.867. The number of halogens is 1. The molecule has 1 atom stereocenters. The molecule has 2 aliphatic rings. The summed E-state index contributed by atoms with van der Waals surface area (Å²) >= 11 is 6.60. The molecule has 0 saturated carbocycles. The van der Waals surface area contributed by atoms with Crippen LogP contribution in [0.25, 0.3) is 0 Å². The van der Waals surface area contributed by atoms with Gasteiger partial charge in [-0.15, -0.1) is 0 Å². The van der Waals surface area contributed by atoms with Gasteiger partial charge in [-0.25, -0.2) is 9.97 Å². The molecular formula is C20H25ClN4O. The summed E-state index contributed by atoms with van der Waals surface area (Å²) in [4.78, 5) is 11.6. The Balaban J connectivity index is 1.75. The predicted octanol–water partition coefficient (Wildman–Crippen LogP) is 2.76. The van der Waals surface area contributed by atoms with E-state index in [1.807, 2.05) is 30.5 Å². The van der Waals surface area contributed by atoms with Crippen LogP contribution in [0.4, 0.5) is 5.95 Å². The van der Waals surface area contributed by atoms with Crippen molar-refractivity contribution in [3.05, 3.63) is 52.8 Å². The molecule has 0 bridgehead atoms. The number of hydrogen-bond donors (Lipinski definition) is 2. The predicted molar refractivity (Wildman–Crippen MR) is 104 cm³/mol. The molecule has 0 spiro atoms. The highest BCUT2D eigenvalue weighted by Crippen LogP contribution is 2.42. The summed E-state index contributed by atoms with van der Waals surface area (Å²) in [6.07, 6.45) is 5.28. The van der Waals surface area contributed by atoms with Gasteiger partial charge in [0.1, 0.15) is 0 Å². The van der Waals surface area contributed by atoms with Gasteiger partial charge in [-0.1, -0.05) is 29.8 Å². The molecule has 0 radical (unpaired) electrons. The summed E-state index contributed by atoms with van der Waals surface area (Å²) in [6.45, 7) is 3.37. The van der Waals surface area contributed by atoms with Crippen LogP contribution in [-0.2, 0) is 5.41 Å². The minimum Gasteiger partial charge on any atom is -0.391 e. The van der Waals surface area contributed by atoms with Crippen LogP contribution in [0.2, 0.25) is 5.02 Å². The number of benzene rings is 1. The number of hydrogen-bond acceptors (Lipinski definition) is 5. The number of aromatic nitrogens is 2. The molecule has 1 unspecified atom stereocenters. The van der Waals surface area contributed by atoms with E-state index in [0.29, 0.717) is 12.5 Å². The van der Waals surface area contributed by atoms with Crippen LogP contribution in [0.1, 0.15) is 36.9 Å². The van der Waals surface area contributed by atoms with E-state index >= 15 is 0 Å². The number of aliphatic hydroxyl groups excluding tert-OH is 1. The van der Waals surface area contributed by atoms with Gasteiger partial charge in [-0.3, -0.25) is 0 Å². The van der Waals surface area contributed by atoms with Crippen molar-refractivity contribution in [2.45, 2.75) is 37.2 Å². The lowest BCUT2D eigenvalue weighted by atomic mass is 9.70. The Morgan fingerprint density at radius 3 is 2.77 bits per heavy atom. The Bertz CT molecular complexity index is 763. The largest absolute Gasteiger partial charge is 0.391 e. The fourth-order valence-corrected chi connectivity index (χ4v) is 4.59. The van der Waals surface area contributed by atoms with Gasteiger partial charge in [-0.05, 0) is 56.5 Å². The molecule has 2 fully saturated rings. The molecule has 2 aromatic rings. The number of piperidine rings is 2. The average Bonchev–Trinajstić information content (AvgIpc) is 2.69. The van der Waals surface area contributed by atoms with E-state index in [-0.39, 0.29) is 11.5 Å². The Hall–Kier alpha value is -1.69. The fourth-order valence-electron chi connectivity index (χ4n) is 4.27. The van der Waals surface area contributed by atoms with E-state index in [0.717, 1.165) is 61.6 Å². The minimum atomic E-state index is -0.299. The third-order valence-corrected chi connectivity index (χ3v) is 5.99. The molecule has 0 amide bonds. The first-order valence-electron chi connectivity index (χ1n) is 9.41. The van der Waals surface area contributed by atoms with Crippen molar-refractivity contribution in [2.24, 2.45) is 0 Å². The lowest BCUT2D eigenvalue weighted by Crippen LogP contribution is -2.43. The van der Waals surface area contributed by atoms with Gasteiger partial charge in [0.2, 0.25) is 5.95 Å². The van der Waals surface area contributed by atoms with E-state index in [1.165, 1.54) is 0 Å². The molecule has 1 aromatic carbocycles. The first kappa shape index (κ1) is 17.7. The summed E-state index contributed by atoms with van der Waals surface area (Å²) in [5, 5.41) is 14.2. The fraction of sp³-hybridized carbons (Fsp3) is 0.500. The summed E-state index contributed by atoms with van der Waals surface area (Å²) in [5.74, 6) is 0.714. The molecule has 4 rings (SSSR count). The van der Waals surface area contributed by atoms with Crippen LogP contribution >= 0.6 is 11.6 Å². The molecule has 0 aliphatic carbocycles. The Morgan fingerprint density at radius 1 is 1.19 bits per heavy atom. The van der Waals surface area contributed by atoms with Crippen LogP contribution < -0.4 is 10.2 Å². The van der Waals surface area contributed by atoms with Crippen LogP contribution in [0, 0.1) is 0 Å². The topological polar surface area (TPSA) is 61.3 Å². The Kier molecular flexibility index (Phi) is 5.11. The Labute approximate surface area is 159 Å². The monoisotopic (exact) mass is 372 g/mol. The number of aliphatic hydroxyl groups is 1. The van der Waals surface area contributed by atoms with Gasteiger partial charge in [-0.2, -0.15) is 0 Å². The first-order chi connectivity index (χ1) is 12.7. The maximum atomic E-state index is 10.0. The first-order valence-corrected chi connectivity index (χ1v) is 9.79. The lowest BCUT2D eigenvalue weighted by Gasteiger charge is -2.39. The van der Waals surface area contributed by atoms with Crippen molar-refractivity contribution in [1.82, 2.24) is 15.3 Å². The number of rotatable bonds is 3. The molecular weight excluding hydrogens is 348 g/mol. The third-order valence-electron chi connectivity index (χ3n) is 5.66. The second-order valence-electron chi connectivity index (χ2n) is 7.30. The summed E-state index contributed by atoms with van der Waals surface area (Å²) < 4.78 is 0. The van der Waals surface area contributed by atoms with Crippen LogP contribution in [0.5, 0.6) is 0 Å². The maximum absolute atomic E-state index is 10.0. The van der Waals surface area contributed by atoms with E-state index < -0.39 is 0 Å². The van der Waals surface area contributed by atoms with Gasteiger partial charge < -0.3 is 15.3 Å². The second-order valence-corrected chi connectivity index (χ2v) is 7.70. The molecule has 2 saturated heterocycles. The third kappa shape index (κ3) is 3.31. The molecule has 1 aromatic heterocycles. The average molecular weight is 373 g/mol. The smallest absolute Gasteiger partial charge is 0.225 e. The normalized spacial score (nSPS) is 23.0. The minimum absolute atomic E-state index is 0.199. The number of β-amino-alcohol motifs (C(OH)–C–C–N with tert-alkyl or cyclic N) is 1. The highest BCUT2D eigenvalue weighted by atomic mass is 35.5. The van der Waals surface area contributed by atoms with Gasteiger partial charge >= 0.3 is 0 Å². The van der Waals surface area contributed by atoms with E-state index in [9.17, 15) is 5.11 Å². The lowest BCUT2D eigenvalue weighted by molar-refractivity contribution is 0.153. The van der Waals surface area contributed by atoms with Crippen LogP contribution in [-0.4, -0.2) is 47.4 Å². The highest BCUT2D eigenvalue weighted by Gasteiger charge is 2.39. The van der Waals surface area contributed by atoms with E-state index in [2.05, 4.69) is 21.3 Å². The van der Waals surface area contributed by atoms with Gasteiger partial charge in [0.05, 0.1) is 11.8 Å². The molecule has 2 aliphatic heterocycles.